The van der Waals surface area contributed by atoms with Crippen LogP contribution in [0.4, 0.5) is 0 Å². The monoisotopic (exact) mass is 231 g/mol. The average molecular weight is 231 g/mol. The fraction of sp³-hybridized carbons (Fsp3) is 1.00. The minimum Gasteiger partial charge on any atom is -0.340 e. The third kappa shape index (κ3) is 7.96. The van der Waals surface area contributed by atoms with Gasteiger partial charge in [-0.05, 0) is 48.0 Å². The summed E-state index contributed by atoms with van der Waals surface area (Å²) in [7, 11) is 1.04. The predicted molar refractivity (Wildman–Crippen MR) is 72.1 cm³/mol. The Hall–Kier alpha value is 0.0969. The van der Waals surface area contributed by atoms with E-state index < -0.39 is 0 Å². The largest absolute Gasteiger partial charge is 0.340 e. The van der Waals surface area contributed by atoms with Gasteiger partial charge < -0.3 is 4.98 Å². The fourth-order valence-corrected chi connectivity index (χ4v) is 1.79. The van der Waals surface area contributed by atoms with Gasteiger partial charge in [0.15, 0.2) is 0 Å². The van der Waals surface area contributed by atoms with Gasteiger partial charge in [0.2, 0.25) is 0 Å². The lowest BCUT2D eigenvalue weighted by molar-refractivity contribution is 0.283. The van der Waals surface area contributed by atoms with E-state index in [9.17, 15) is 0 Å². The maximum Gasteiger partial charge on any atom is 0.0755 e. The van der Waals surface area contributed by atoms with Crippen molar-refractivity contribution in [1.82, 2.24) is 15.6 Å². The number of nitrogens with one attached hydrogen (secondary N) is 3. The summed E-state index contributed by atoms with van der Waals surface area (Å²) in [6.45, 7) is 13.3. The molecule has 0 aliphatic rings. The molecule has 0 aromatic heterocycles. The fourth-order valence-electron chi connectivity index (χ4n) is 1.58. The van der Waals surface area contributed by atoms with Crippen LogP contribution in [0, 0.1) is 0 Å². The van der Waals surface area contributed by atoms with Crippen LogP contribution in [0.25, 0.3) is 0 Å². The lowest BCUT2D eigenvalue weighted by Crippen LogP contribution is -2.54. The zero-order valence-electron chi connectivity index (χ0n) is 11.4. The maximum absolute atomic E-state index is 3.57. The van der Waals surface area contributed by atoms with Crippen LogP contribution in [0.15, 0.2) is 0 Å². The van der Waals surface area contributed by atoms with Crippen molar-refractivity contribution in [2.75, 3.05) is 0 Å². The van der Waals surface area contributed by atoms with Crippen molar-refractivity contribution < 1.29 is 0 Å². The van der Waals surface area contributed by atoms with E-state index in [2.05, 4.69) is 57.2 Å². The van der Waals surface area contributed by atoms with Crippen LogP contribution in [-0.2, 0) is 0 Å². The summed E-state index contributed by atoms with van der Waals surface area (Å²) in [6.07, 6.45) is 1.49. The smallest absolute Gasteiger partial charge is 0.0755 e. The second-order valence-corrected chi connectivity index (χ2v) is 6.03. The first-order valence-electron chi connectivity index (χ1n) is 5.98. The SMILES string of the molecule is CC(C)NC(CC(C)(C)N[SiH3])NC(C)C. The molecule has 92 valence electrons. The zero-order valence-corrected chi connectivity index (χ0v) is 13.4. The van der Waals surface area contributed by atoms with Crippen LogP contribution in [-0.4, -0.2) is 34.2 Å². The molecule has 15 heavy (non-hydrogen) atoms. The highest BCUT2D eigenvalue weighted by molar-refractivity contribution is 6.04. The van der Waals surface area contributed by atoms with Crippen molar-refractivity contribution in [1.29, 1.82) is 0 Å². The molecule has 0 fully saturated rings. The normalized spacial score (nSPS) is 13.4. The third-order valence-electron chi connectivity index (χ3n) is 2.46. The molecule has 0 bridgehead atoms. The van der Waals surface area contributed by atoms with E-state index in [4.69, 9.17) is 0 Å². The second kappa shape index (κ2) is 6.63. The highest BCUT2D eigenvalue weighted by atomic mass is 28.2. The lowest BCUT2D eigenvalue weighted by atomic mass is 9.99. The Labute approximate surface area is 98.3 Å². The van der Waals surface area contributed by atoms with Gasteiger partial charge in [0.05, 0.1) is 16.6 Å². The molecule has 0 aliphatic heterocycles. The molecular formula is C11H29N3Si. The summed E-state index contributed by atoms with van der Waals surface area (Å²) in [5.74, 6) is 0. The molecule has 0 aromatic rings. The van der Waals surface area contributed by atoms with E-state index >= 15 is 0 Å². The molecule has 0 aromatic carbocycles. The summed E-state index contributed by atoms with van der Waals surface area (Å²) in [6, 6.07) is 1.04. The topological polar surface area (TPSA) is 36.1 Å². The molecule has 0 spiro atoms. The summed E-state index contributed by atoms with van der Waals surface area (Å²) < 4.78 is 0. The minimum absolute atomic E-state index is 0.223. The highest BCUT2D eigenvalue weighted by Crippen LogP contribution is 2.10. The number of hydrogen-bond acceptors (Lipinski definition) is 3. The van der Waals surface area contributed by atoms with Crippen LogP contribution in [0.3, 0.4) is 0 Å². The van der Waals surface area contributed by atoms with Crippen LogP contribution < -0.4 is 15.6 Å². The third-order valence-corrected chi connectivity index (χ3v) is 3.81. The van der Waals surface area contributed by atoms with Crippen molar-refractivity contribution in [3.05, 3.63) is 0 Å². The Morgan fingerprint density at radius 1 is 1.00 bits per heavy atom. The van der Waals surface area contributed by atoms with Gasteiger partial charge in [-0.3, -0.25) is 10.6 Å². The molecule has 0 saturated carbocycles. The number of hydrogen-bond donors (Lipinski definition) is 3. The first kappa shape index (κ1) is 15.1. The van der Waals surface area contributed by atoms with Gasteiger partial charge in [0.25, 0.3) is 0 Å². The van der Waals surface area contributed by atoms with E-state index in [0.29, 0.717) is 18.2 Å². The van der Waals surface area contributed by atoms with Crippen LogP contribution in [0.1, 0.15) is 48.0 Å². The quantitative estimate of drug-likeness (QED) is 0.437. The summed E-state index contributed by atoms with van der Waals surface area (Å²) in [4.78, 5) is 3.48. The Kier molecular flexibility index (Phi) is 6.67. The van der Waals surface area contributed by atoms with Gasteiger partial charge in [-0.25, -0.2) is 0 Å². The molecule has 0 saturated heterocycles. The van der Waals surface area contributed by atoms with Crippen LogP contribution in [0.5, 0.6) is 0 Å². The van der Waals surface area contributed by atoms with Gasteiger partial charge in [-0.1, -0.05) is 0 Å². The Morgan fingerprint density at radius 3 is 1.67 bits per heavy atom. The van der Waals surface area contributed by atoms with E-state index in [0.717, 1.165) is 16.8 Å². The highest BCUT2D eigenvalue weighted by Gasteiger charge is 2.21. The molecule has 0 atom stereocenters. The van der Waals surface area contributed by atoms with E-state index in [1.165, 1.54) is 0 Å². The average Bonchev–Trinajstić information content (AvgIpc) is 2.00. The van der Waals surface area contributed by atoms with Gasteiger partial charge in [0.1, 0.15) is 0 Å². The Bertz CT molecular complexity index is 159. The molecule has 4 heteroatoms. The first-order valence-corrected chi connectivity index (χ1v) is 6.98. The molecule has 0 unspecified atom stereocenters. The molecule has 3 N–H and O–H groups in total. The molecule has 0 amide bonds. The summed E-state index contributed by atoms with van der Waals surface area (Å²) >= 11 is 0. The Balaban J connectivity index is 4.23. The Morgan fingerprint density at radius 2 is 1.40 bits per heavy atom. The van der Waals surface area contributed by atoms with Gasteiger partial charge in [0, 0.05) is 17.6 Å². The first-order chi connectivity index (χ1) is 6.76. The zero-order chi connectivity index (χ0) is 12.1. The molecule has 0 rings (SSSR count). The maximum atomic E-state index is 3.57. The molecule has 0 heterocycles. The molecular weight excluding hydrogens is 202 g/mol. The van der Waals surface area contributed by atoms with Gasteiger partial charge in [-0.2, -0.15) is 0 Å². The van der Waals surface area contributed by atoms with E-state index in [1.54, 1.807) is 0 Å². The van der Waals surface area contributed by atoms with Gasteiger partial charge in [-0.15, -0.1) is 0 Å². The van der Waals surface area contributed by atoms with Crippen molar-refractivity contribution >= 4 is 10.4 Å². The summed E-state index contributed by atoms with van der Waals surface area (Å²) in [5, 5.41) is 7.13. The van der Waals surface area contributed by atoms with Crippen molar-refractivity contribution in [2.24, 2.45) is 0 Å². The van der Waals surface area contributed by atoms with Crippen molar-refractivity contribution in [2.45, 2.75) is 71.8 Å². The number of rotatable bonds is 7. The standard InChI is InChI=1S/C11H29N3Si/c1-8(2)12-10(13-9(3)4)7-11(5,6)14-15/h8-10,12-14H,7H2,1-6,15H3. The van der Waals surface area contributed by atoms with Gasteiger partial charge >= 0.3 is 0 Å². The molecule has 0 aliphatic carbocycles. The van der Waals surface area contributed by atoms with Crippen molar-refractivity contribution in [3.8, 4) is 0 Å². The van der Waals surface area contributed by atoms with Crippen LogP contribution >= 0.6 is 0 Å². The van der Waals surface area contributed by atoms with E-state index in [1.807, 2.05) is 0 Å². The molecule has 3 nitrogen and oxygen atoms in total. The van der Waals surface area contributed by atoms with Crippen molar-refractivity contribution in [3.63, 3.8) is 0 Å². The lowest BCUT2D eigenvalue weighted by Gasteiger charge is -2.33. The predicted octanol–water partition coefficient (Wildman–Crippen LogP) is 0.347. The van der Waals surface area contributed by atoms with Crippen LogP contribution in [0.2, 0.25) is 0 Å². The minimum atomic E-state index is 0.223. The molecule has 0 radical (unpaired) electrons. The summed E-state index contributed by atoms with van der Waals surface area (Å²) in [5.41, 5.74) is 0.223. The van der Waals surface area contributed by atoms with E-state index in [-0.39, 0.29) is 5.54 Å². The second-order valence-electron chi connectivity index (χ2n) is 5.53.